The van der Waals surface area contributed by atoms with E-state index in [0.29, 0.717) is 17.8 Å². The highest BCUT2D eigenvalue weighted by molar-refractivity contribution is 5.99. The Morgan fingerprint density at radius 3 is 2.71 bits per heavy atom. The van der Waals surface area contributed by atoms with Crippen molar-refractivity contribution in [3.05, 3.63) is 66.1 Å². The zero-order chi connectivity index (χ0) is 16.9. The first-order valence-corrected chi connectivity index (χ1v) is 7.48. The maximum absolute atomic E-state index is 12.9. The van der Waals surface area contributed by atoms with Gasteiger partial charge in [0, 0.05) is 25.5 Å². The molecule has 1 N–H and O–H groups in total. The zero-order valence-corrected chi connectivity index (χ0v) is 12.9. The second-order valence-corrected chi connectivity index (χ2v) is 5.30. The molecule has 0 saturated heterocycles. The van der Waals surface area contributed by atoms with Gasteiger partial charge in [-0.1, -0.05) is 30.3 Å². The number of aliphatic carboxylic acids is 1. The molecule has 7 nitrogen and oxygen atoms in total. The number of hydrogen-bond acceptors (Lipinski definition) is 4. The number of hydrogen-bond donors (Lipinski definition) is 1. The number of aromatic nitrogens is 3. The Bertz CT molecular complexity index is 860. The Balaban J connectivity index is 1.88. The van der Waals surface area contributed by atoms with E-state index in [2.05, 4.69) is 10.1 Å². The molecule has 0 unspecified atom stereocenters. The topological polar surface area (TPSA) is 87.8 Å². The van der Waals surface area contributed by atoms with Crippen LogP contribution in [0.1, 0.15) is 22.3 Å². The highest BCUT2D eigenvalue weighted by Gasteiger charge is 2.21. The Morgan fingerprint density at radius 2 is 1.96 bits per heavy atom. The fraction of sp³-hybridized carbons (Fsp3) is 0.176. The van der Waals surface area contributed by atoms with Crippen molar-refractivity contribution < 1.29 is 14.7 Å². The van der Waals surface area contributed by atoms with Crippen LogP contribution in [0.25, 0.3) is 5.65 Å². The molecule has 122 valence electrons. The molecule has 0 radical (unpaired) electrons. The number of rotatable bonds is 6. The van der Waals surface area contributed by atoms with Crippen LogP contribution < -0.4 is 0 Å². The second-order valence-electron chi connectivity index (χ2n) is 5.30. The molecule has 0 aliphatic rings. The molecule has 2 heterocycles. The summed E-state index contributed by atoms with van der Waals surface area (Å²) in [4.78, 5) is 29.5. The molecule has 0 spiro atoms. The van der Waals surface area contributed by atoms with Gasteiger partial charge in [-0.2, -0.15) is 5.10 Å². The van der Waals surface area contributed by atoms with Crippen LogP contribution in [-0.4, -0.2) is 43.0 Å². The van der Waals surface area contributed by atoms with Gasteiger partial charge in [-0.05, 0) is 11.6 Å². The summed E-state index contributed by atoms with van der Waals surface area (Å²) in [6.45, 7) is 0.449. The molecule has 3 rings (SSSR count). The first-order valence-electron chi connectivity index (χ1n) is 7.48. The van der Waals surface area contributed by atoms with Gasteiger partial charge in [-0.25, -0.2) is 9.50 Å². The van der Waals surface area contributed by atoms with Crippen molar-refractivity contribution in [1.82, 2.24) is 19.5 Å². The monoisotopic (exact) mass is 324 g/mol. The smallest absolute Gasteiger partial charge is 0.305 e. The summed E-state index contributed by atoms with van der Waals surface area (Å²) in [6, 6.07) is 11.2. The van der Waals surface area contributed by atoms with Gasteiger partial charge in [-0.15, -0.1) is 0 Å². The number of carbonyl (C=O) groups excluding carboxylic acids is 1. The summed E-state index contributed by atoms with van der Waals surface area (Å²) in [7, 11) is 0. The van der Waals surface area contributed by atoms with E-state index in [1.54, 1.807) is 18.5 Å². The molecule has 1 amide bonds. The standard InChI is InChI=1S/C17H16N4O3/c22-15(23)7-10-20(12-13-5-2-1-3-6-13)17(24)14-11-19-21-9-4-8-18-16(14)21/h1-6,8-9,11H,7,10,12H2,(H,22,23). The summed E-state index contributed by atoms with van der Waals surface area (Å²) in [5.74, 6) is -1.23. The lowest BCUT2D eigenvalue weighted by molar-refractivity contribution is -0.137. The minimum absolute atomic E-state index is 0.118. The van der Waals surface area contributed by atoms with E-state index in [0.717, 1.165) is 5.56 Å². The number of benzene rings is 1. The maximum atomic E-state index is 12.9. The minimum atomic E-state index is -0.946. The SMILES string of the molecule is O=C(O)CCN(Cc1ccccc1)C(=O)c1cnn2cccnc12. The first-order chi connectivity index (χ1) is 11.6. The lowest BCUT2D eigenvalue weighted by atomic mass is 10.2. The van der Waals surface area contributed by atoms with Crippen molar-refractivity contribution in [3.8, 4) is 0 Å². The number of amides is 1. The summed E-state index contributed by atoms with van der Waals surface area (Å²) in [6.07, 6.45) is 4.64. The molecule has 0 fully saturated rings. The fourth-order valence-electron chi connectivity index (χ4n) is 2.44. The molecular formula is C17H16N4O3. The number of fused-ring (bicyclic) bond motifs is 1. The third-order valence-electron chi connectivity index (χ3n) is 3.61. The van der Waals surface area contributed by atoms with Crippen LogP contribution in [0.4, 0.5) is 0 Å². The molecule has 0 saturated carbocycles. The van der Waals surface area contributed by atoms with Gasteiger partial charge < -0.3 is 10.0 Å². The van der Waals surface area contributed by atoms with Crippen molar-refractivity contribution in [1.29, 1.82) is 0 Å². The maximum Gasteiger partial charge on any atom is 0.305 e. The Hall–Kier alpha value is -3.22. The summed E-state index contributed by atoms with van der Waals surface area (Å²) in [5.41, 5.74) is 1.74. The Morgan fingerprint density at radius 1 is 1.17 bits per heavy atom. The van der Waals surface area contributed by atoms with E-state index in [9.17, 15) is 9.59 Å². The van der Waals surface area contributed by atoms with Crippen molar-refractivity contribution in [2.24, 2.45) is 0 Å². The molecule has 1 aromatic carbocycles. The van der Waals surface area contributed by atoms with Gasteiger partial charge in [0.2, 0.25) is 0 Å². The van der Waals surface area contributed by atoms with Gasteiger partial charge in [0.15, 0.2) is 5.65 Å². The molecule has 0 bridgehead atoms. The largest absolute Gasteiger partial charge is 0.481 e. The molecule has 3 aromatic rings. The van der Waals surface area contributed by atoms with E-state index in [1.807, 2.05) is 30.3 Å². The van der Waals surface area contributed by atoms with E-state index in [4.69, 9.17) is 5.11 Å². The van der Waals surface area contributed by atoms with Crippen molar-refractivity contribution in [3.63, 3.8) is 0 Å². The summed E-state index contributed by atoms with van der Waals surface area (Å²) < 4.78 is 1.52. The molecule has 2 aromatic heterocycles. The molecule has 7 heteroatoms. The van der Waals surface area contributed by atoms with Gasteiger partial charge in [0.05, 0.1) is 12.6 Å². The van der Waals surface area contributed by atoms with Crippen LogP contribution in [0.3, 0.4) is 0 Å². The van der Waals surface area contributed by atoms with E-state index in [-0.39, 0.29) is 18.9 Å². The minimum Gasteiger partial charge on any atom is -0.481 e. The Kier molecular flexibility index (Phi) is 4.51. The zero-order valence-electron chi connectivity index (χ0n) is 12.9. The lowest BCUT2D eigenvalue weighted by Crippen LogP contribution is -2.32. The number of carboxylic acid groups (broad SMARTS) is 1. The van der Waals surface area contributed by atoms with Crippen molar-refractivity contribution in [2.75, 3.05) is 6.54 Å². The van der Waals surface area contributed by atoms with Crippen LogP contribution in [0, 0.1) is 0 Å². The van der Waals surface area contributed by atoms with E-state index < -0.39 is 5.97 Å². The first kappa shape index (κ1) is 15.7. The molecule has 0 atom stereocenters. The third-order valence-corrected chi connectivity index (χ3v) is 3.61. The highest BCUT2D eigenvalue weighted by Crippen LogP contribution is 2.14. The average Bonchev–Trinajstić information content (AvgIpc) is 3.03. The fourth-order valence-corrected chi connectivity index (χ4v) is 2.44. The normalized spacial score (nSPS) is 10.7. The second kappa shape index (κ2) is 6.91. The van der Waals surface area contributed by atoms with Gasteiger partial charge in [0.1, 0.15) is 5.56 Å². The van der Waals surface area contributed by atoms with Crippen LogP contribution in [0.15, 0.2) is 55.0 Å². The molecule has 0 aliphatic heterocycles. The van der Waals surface area contributed by atoms with Gasteiger partial charge >= 0.3 is 5.97 Å². The van der Waals surface area contributed by atoms with Gasteiger partial charge in [-0.3, -0.25) is 9.59 Å². The predicted molar refractivity (Wildman–Crippen MR) is 86.4 cm³/mol. The molecule has 0 aliphatic carbocycles. The Labute approximate surface area is 138 Å². The summed E-state index contributed by atoms with van der Waals surface area (Å²) >= 11 is 0. The summed E-state index contributed by atoms with van der Waals surface area (Å²) in [5, 5.41) is 13.1. The average molecular weight is 324 g/mol. The third kappa shape index (κ3) is 3.40. The van der Waals surface area contributed by atoms with Crippen LogP contribution >= 0.6 is 0 Å². The van der Waals surface area contributed by atoms with Crippen molar-refractivity contribution >= 4 is 17.5 Å². The van der Waals surface area contributed by atoms with Gasteiger partial charge in [0.25, 0.3) is 5.91 Å². The van der Waals surface area contributed by atoms with Crippen LogP contribution in [-0.2, 0) is 11.3 Å². The van der Waals surface area contributed by atoms with E-state index >= 15 is 0 Å². The molecular weight excluding hydrogens is 308 g/mol. The number of carboxylic acids is 1. The van der Waals surface area contributed by atoms with E-state index in [1.165, 1.54) is 15.6 Å². The van der Waals surface area contributed by atoms with Crippen LogP contribution in [0.2, 0.25) is 0 Å². The predicted octanol–water partition coefficient (Wildman–Crippen LogP) is 1.85. The number of carbonyl (C=O) groups is 2. The quantitative estimate of drug-likeness (QED) is 0.747. The van der Waals surface area contributed by atoms with Crippen molar-refractivity contribution in [2.45, 2.75) is 13.0 Å². The highest BCUT2D eigenvalue weighted by atomic mass is 16.4. The number of nitrogens with zero attached hydrogens (tertiary/aromatic N) is 4. The van der Waals surface area contributed by atoms with Crippen LogP contribution in [0.5, 0.6) is 0 Å². The lowest BCUT2D eigenvalue weighted by Gasteiger charge is -2.21. The molecule has 24 heavy (non-hydrogen) atoms.